The molecular formula is C12H14N2O3S. The predicted molar refractivity (Wildman–Crippen MR) is 68.7 cm³/mol. The van der Waals surface area contributed by atoms with Crippen molar-refractivity contribution >= 4 is 23.6 Å². The molecular weight excluding hydrogens is 252 g/mol. The van der Waals surface area contributed by atoms with Crippen molar-refractivity contribution in [3.05, 3.63) is 35.4 Å². The normalized spacial score (nSPS) is 22.1. The first-order chi connectivity index (χ1) is 8.53. The Morgan fingerprint density at radius 3 is 2.89 bits per heavy atom. The summed E-state index contributed by atoms with van der Waals surface area (Å²) in [6, 6.07) is 7.54. The van der Waals surface area contributed by atoms with E-state index in [0.717, 1.165) is 16.9 Å². The number of amides is 2. The fourth-order valence-electron chi connectivity index (χ4n) is 1.97. The smallest absolute Gasteiger partial charge is 0.309 e. The zero-order chi connectivity index (χ0) is 13.2. The topological polar surface area (TPSA) is 92.4 Å². The Morgan fingerprint density at radius 2 is 2.17 bits per heavy atom. The van der Waals surface area contributed by atoms with Gasteiger partial charge in [0.1, 0.15) is 5.60 Å². The van der Waals surface area contributed by atoms with Crippen molar-refractivity contribution in [1.82, 2.24) is 5.32 Å². The zero-order valence-corrected chi connectivity index (χ0v) is 10.5. The van der Waals surface area contributed by atoms with E-state index in [1.54, 1.807) is 11.8 Å². The number of benzene rings is 1. The lowest BCUT2D eigenvalue weighted by Gasteiger charge is -2.34. The summed E-state index contributed by atoms with van der Waals surface area (Å²) in [5.74, 6) is -0.613. The monoisotopic (exact) mass is 266 g/mol. The molecule has 18 heavy (non-hydrogen) atoms. The highest BCUT2D eigenvalue weighted by atomic mass is 32.2. The fraction of sp³-hybridized carbons (Fsp3) is 0.333. The van der Waals surface area contributed by atoms with Crippen LogP contribution in [0, 0.1) is 0 Å². The van der Waals surface area contributed by atoms with Crippen molar-refractivity contribution in [2.45, 2.75) is 11.4 Å². The maximum atomic E-state index is 11.1. The van der Waals surface area contributed by atoms with E-state index in [1.165, 1.54) is 0 Å². The highest BCUT2D eigenvalue weighted by molar-refractivity contribution is 7.98. The number of fused-ring (bicyclic) bond motifs is 1. The number of hydrogen-bond donors (Lipinski definition) is 3. The van der Waals surface area contributed by atoms with Crippen molar-refractivity contribution in [2.24, 2.45) is 5.73 Å². The molecule has 5 nitrogen and oxygen atoms in total. The van der Waals surface area contributed by atoms with Crippen LogP contribution in [-0.2, 0) is 20.9 Å². The molecule has 2 rings (SSSR count). The van der Waals surface area contributed by atoms with Gasteiger partial charge >= 0.3 is 11.8 Å². The van der Waals surface area contributed by atoms with Crippen molar-refractivity contribution in [3.8, 4) is 0 Å². The van der Waals surface area contributed by atoms with Gasteiger partial charge in [-0.3, -0.25) is 9.59 Å². The molecule has 0 aliphatic carbocycles. The number of aliphatic hydroxyl groups is 1. The molecule has 1 atom stereocenters. The number of primary amides is 1. The highest BCUT2D eigenvalue weighted by Crippen LogP contribution is 2.35. The molecule has 1 aromatic carbocycles. The summed E-state index contributed by atoms with van der Waals surface area (Å²) < 4.78 is 0. The Morgan fingerprint density at radius 1 is 1.44 bits per heavy atom. The van der Waals surface area contributed by atoms with Crippen molar-refractivity contribution in [3.63, 3.8) is 0 Å². The average Bonchev–Trinajstić information content (AvgIpc) is 2.36. The van der Waals surface area contributed by atoms with Crippen molar-refractivity contribution in [2.75, 3.05) is 12.3 Å². The summed E-state index contributed by atoms with van der Waals surface area (Å²) in [7, 11) is 0. The van der Waals surface area contributed by atoms with E-state index in [4.69, 9.17) is 5.73 Å². The van der Waals surface area contributed by atoms with Crippen molar-refractivity contribution < 1.29 is 14.7 Å². The minimum absolute atomic E-state index is 0.0151. The van der Waals surface area contributed by atoms with Gasteiger partial charge in [0.15, 0.2) is 0 Å². The third kappa shape index (κ3) is 2.49. The van der Waals surface area contributed by atoms with Gasteiger partial charge in [0.25, 0.3) is 0 Å². The van der Waals surface area contributed by atoms with Crippen LogP contribution in [0.25, 0.3) is 0 Å². The lowest BCUT2D eigenvalue weighted by molar-refractivity contribution is -0.137. The van der Waals surface area contributed by atoms with Gasteiger partial charge in [-0.2, -0.15) is 11.8 Å². The van der Waals surface area contributed by atoms with E-state index in [9.17, 15) is 14.7 Å². The first-order valence-electron chi connectivity index (χ1n) is 5.49. The van der Waals surface area contributed by atoms with E-state index in [1.807, 2.05) is 24.3 Å². The Labute approximate surface area is 109 Å². The standard InChI is InChI=1S/C12H14N2O3S/c13-10(15)11(16)14-6-12(17)7-18-5-8-3-1-2-4-9(8)12/h1-4,17H,5-7H2,(H2,13,15)(H,14,16). The fourth-order valence-corrected chi connectivity index (χ4v) is 3.14. The molecule has 1 unspecified atom stereocenters. The molecule has 96 valence electrons. The van der Waals surface area contributed by atoms with Crippen LogP contribution in [0.15, 0.2) is 24.3 Å². The molecule has 1 aliphatic rings. The Balaban J connectivity index is 2.17. The van der Waals surface area contributed by atoms with E-state index in [-0.39, 0.29) is 6.54 Å². The lowest BCUT2D eigenvalue weighted by atomic mass is 9.91. The van der Waals surface area contributed by atoms with Crippen LogP contribution in [0.2, 0.25) is 0 Å². The van der Waals surface area contributed by atoms with Gasteiger partial charge in [-0.1, -0.05) is 24.3 Å². The first kappa shape index (κ1) is 12.9. The third-order valence-corrected chi connectivity index (χ3v) is 4.08. The number of rotatable bonds is 2. The second-order valence-electron chi connectivity index (χ2n) is 4.23. The SMILES string of the molecule is NC(=O)C(=O)NCC1(O)CSCc2ccccc21. The van der Waals surface area contributed by atoms with Gasteiger partial charge in [-0.15, -0.1) is 0 Å². The van der Waals surface area contributed by atoms with Crippen LogP contribution >= 0.6 is 11.8 Å². The molecule has 0 bridgehead atoms. The number of thioether (sulfide) groups is 1. The summed E-state index contributed by atoms with van der Waals surface area (Å²) >= 11 is 1.59. The molecule has 6 heteroatoms. The maximum Gasteiger partial charge on any atom is 0.309 e. The molecule has 1 aromatic rings. The zero-order valence-electron chi connectivity index (χ0n) is 9.68. The molecule has 0 aromatic heterocycles. The Hall–Kier alpha value is -1.53. The van der Waals surface area contributed by atoms with E-state index < -0.39 is 17.4 Å². The van der Waals surface area contributed by atoms with Gasteiger partial charge in [-0.05, 0) is 11.1 Å². The quantitative estimate of drug-likeness (QED) is 0.642. The summed E-state index contributed by atoms with van der Waals surface area (Å²) in [5, 5.41) is 12.9. The largest absolute Gasteiger partial charge is 0.382 e. The minimum Gasteiger partial charge on any atom is -0.382 e. The molecule has 4 N–H and O–H groups in total. The van der Waals surface area contributed by atoms with Crippen LogP contribution in [0.1, 0.15) is 11.1 Å². The molecule has 0 fully saturated rings. The van der Waals surface area contributed by atoms with Gasteiger partial charge < -0.3 is 16.2 Å². The molecule has 1 aliphatic heterocycles. The van der Waals surface area contributed by atoms with Crippen LogP contribution in [0.4, 0.5) is 0 Å². The van der Waals surface area contributed by atoms with Gasteiger partial charge in [0.2, 0.25) is 0 Å². The molecule has 0 spiro atoms. The van der Waals surface area contributed by atoms with Gasteiger partial charge in [0, 0.05) is 11.5 Å². The average molecular weight is 266 g/mol. The molecule has 0 radical (unpaired) electrons. The summed E-state index contributed by atoms with van der Waals surface area (Å²) in [4.78, 5) is 21.8. The van der Waals surface area contributed by atoms with Crippen LogP contribution in [0.3, 0.4) is 0 Å². The third-order valence-electron chi connectivity index (χ3n) is 2.88. The van der Waals surface area contributed by atoms with Crippen molar-refractivity contribution in [1.29, 1.82) is 0 Å². The summed E-state index contributed by atoms with van der Waals surface area (Å²) in [5.41, 5.74) is 5.55. The Kier molecular flexibility index (Phi) is 3.58. The second-order valence-corrected chi connectivity index (χ2v) is 5.21. The Bertz CT molecular complexity index is 492. The molecule has 1 heterocycles. The summed E-state index contributed by atoms with van der Waals surface area (Å²) in [6.07, 6.45) is 0. The molecule has 2 amide bonds. The van der Waals surface area contributed by atoms with Crippen LogP contribution < -0.4 is 11.1 Å². The number of carbonyl (C=O) groups is 2. The minimum atomic E-state index is -1.15. The first-order valence-corrected chi connectivity index (χ1v) is 6.64. The van der Waals surface area contributed by atoms with E-state index >= 15 is 0 Å². The number of carbonyl (C=O) groups excluding carboxylic acids is 2. The van der Waals surface area contributed by atoms with Gasteiger partial charge in [0.05, 0.1) is 6.54 Å². The van der Waals surface area contributed by atoms with E-state index in [0.29, 0.717) is 5.75 Å². The highest BCUT2D eigenvalue weighted by Gasteiger charge is 2.35. The lowest BCUT2D eigenvalue weighted by Crippen LogP contribution is -2.47. The number of nitrogens with one attached hydrogen (secondary N) is 1. The summed E-state index contributed by atoms with van der Waals surface area (Å²) in [6.45, 7) is -0.0151. The van der Waals surface area contributed by atoms with Crippen LogP contribution in [-0.4, -0.2) is 29.2 Å². The molecule has 0 saturated heterocycles. The van der Waals surface area contributed by atoms with Crippen LogP contribution in [0.5, 0.6) is 0 Å². The van der Waals surface area contributed by atoms with Gasteiger partial charge in [-0.25, -0.2) is 0 Å². The number of hydrogen-bond acceptors (Lipinski definition) is 4. The van der Waals surface area contributed by atoms with E-state index in [2.05, 4.69) is 5.32 Å². The number of nitrogens with two attached hydrogens (primary N) is 1. The second kappa shape index (κ2) is 4.99. The predicted octanol–water partition coefficient (Wildman–Crippen LogP) is -0.277. The maximum absolute atomic E-state index is 11.1. The molecule has 0 saturated carbocycles.